The maximum Gasteiger partial charge on any atom is 0.573 e. The van der Waals surface area contributed by atoms with Crippen LogP contribution in [0.3, 0.4) is 0 Å². The Hall–Kier alpha value is -0.840. The molecule has 0 radical (unpaired) electrons. The molecule has 0 aliphatic carbocycles. The quantitative estimate of drug-likeness (QED) is 0.773. The van der Waals surface area contributed by atoms with E-state index in [1.54, 1.807) is 12.1 Å². The Labute approximate surface area is 85.3 Å². The molecule has 5 heteroatoms. The first-order valence-corrected chi connectivity index (χ1v) is 4.60. The van der Waals surface area contributed by atoms with Crippen molar-refractivity contribution in [1.29, 1.82) is 0 Å². The summed E-state index contributed by atoms with van der Waals surface area (Å²) < 4.78 is 39.0. The van der Waals surface area contributed by atoms with Crippen molar-refractivity contribution in [2.45, 2.75) is 12.8 Å². The molecular weight excluding hydrogens is 213 g/mol. The molecule has 0 amide bonds. The van der Waals surface area contributed by atoms with E-state index < -0.39 is 6.36 Å². The molecule has 0 heterocycles. The predicted octanol–water partition coefficient (Wildman–Crippen LogP) is 3.06. The summed E-state index contributed by atoms with van der Waals surface area (Å²) in [6.07, 6.45) is -3.89. The summed E-state index contributed by atoms with van der Waals surface area (Å²) in [5.74, 6) is 0.472. The lowest BCUT2D eigenvalue weighted by Crippen LogP contribution is -2.17. The van der Waals surface area contributed by atoms with Crippen molar-refractivity contribution in [2.75, 3.05) is 5.75 Å². The Morgan fingerprint density at radius 3 is 2.14 bits per heavy atom. The van der Waals surface area contributed by atoms with Gasteiger partial charge in [0, 0.05) is 0 Å². The Morgan fingerprint density at radius 1 is 1.14 bits per heavy atom. The number of rotatable bonds is 3. The van der Waals surface area contributed by atoms with Crippen molar-refractivity contribution < 1.29 is 17.9 Å². The normalized spacial score (nSPS) is 11.4. The van der Waals surface area contributed by atoms with Gasteiger partial charge in [0.15, 0.2) is 0 Å². The fourth-order valence-electron chi connectivity index (χ4n) is 0.987. The number of hydrogen-bond acceptors (Lipinski definition) is 2. The number of aryl methyl sites for hydroxylation is 1. The molecule has 78 valence electrons. The fraction of sp³-hybridized carbons (Fsp3) is 0.333. The van der Waals surface area contributed by atoms with Crippen LogP contribution in [0.4, 0.5) is 13.2 Å². The fourth-order valence-corrected chi connectivity index (χ4v) is 1.25. The van der Waals surface area contributed by atoms with Gasteiger partial charge in [-0.1, -0.05) is 12.1 Å². The van der Waals surface area contributed by atoms with E-state index >= 15 is 0 Å². The largest absolute Gasteiger partial charge is 0.573 e. The van der Waals surface area contributed by atoms with Gasteiger partial charge in [0.05, 0.1) is 0 Å². The monoisotopic (exact) mass is 222 g/mol. The first-order valence-electron chi connectivity index (χ1n) is 3.97. The maximum atomic E-state index is 11.8. The summed E-state index contributed by atoms with van der Waals surface area (Å²) >= 11 is 4.02. The first kappa shape index (κ1) is 11.2. The third kappa shape index (κ3) is 3.91. The SMILES string of the molecule is FC(F)(F)Oc1ccc(CCS)cc1. The molecule has 1 rings (SSSR count). The van der Waals surface area contributed by atoms with Crippen LogP contribution in [0.1, 0.15) is 5.56 Å². The van der Waals surface area contributed by atoms with Crippen LogP contribution in [-0.4, -0.2) is 12.1 Å². The minimum atomic E-state index is -4.62. The highest BCUT2D eigenvalue weighted by atomic mass is 32.1. The summed E-state index contributed by atoms with van der Waals surface area (Å²) in [5, 5.41) is 0. The molecule has 0 bridgehead atoms. The highest BCUT2D eigenvalue weighted by Crippen LogP contribution is 2.22. The van der Waals surface area contributed by atoms with Crippen LogP contribution in [0, 0.1) is 0 Å². The molecule has 0 saturated carbocycles. The molecule has 0 unspecified atom stereocenters. The van der Waals surface area contributed by atoms with E-state index in [1.807, 2.05) is 0 Å². The van der Waals surface area contributed by atoms with Gasteiger partial charge < -0.3 is 4.74 Å². The van der Waals surface area contributed by atoms with E-state index in [4.69, 9.17) is 0 Å². The molecule has 0 aliphatic heterocycles. The second-order valence-electron chi connectivity index (χ2n) is 2.67. The summed E-state index contributed by atoms with van der Waals surface area (Å²) in [7, 11) is 0. The molecule has 1 nitrogen and oxygen atoms in total. The predicted molar refractivity (Wildman–Crippen MR) is 50.7 cm³/mol. The molecule has 0 saturated heterocycles. The molecule has 0 aliphatic rings. The van der Waals surface area contributed by atoms with Gasteiger partial charge in [-0.05, 0) is 29.9 Å². The highest BCUT2D eigenvalue weighted by Gasteiger charge is 2.30. The van der Waals surface area contributed by atoms with Crippen LogP contribution in [0.2, 0.25) is 0 Å². The van der Waals surface area contributed by atoms with Gasteiger partial charge in [-0.3, -0.25) is 0 Å². The lowest BCUT2D eigenvalue weighted by molar-refractivity contribution is -0.274. The Morgan fingerprint density at radius 2 is 1.71 bits per heavy atom. The third-order valence-corrected chi connectivity index (χ3v) is 1.78. The van der Waals surface area contributed by atoms with Crippen LogP contribution in [-0.2, 0) is 6.42 Å². The Kier molecular flexibility index (Phi) is 3.69. The summed E-state index contributed by atoms with van der Waals surface area (Å²) in [6.45, 7) is 0. The number of halogens is 3. The molecule has 0 aromatic heterocycles. The standard InChI is InChI=1S/C9H9F3OS/c10-9(11,12)13-8-3-1-7(2-4-8)5-6-14/h1-4,14H,5-6H2. The zero-order chi connectivity index (χ0) is 10.6. The third-order valence-electron chi connectivity index (χ3n) is 1.56. The second-order valence-corrected chi connectivity index (χ2v) is 3.11. The summed E-state index contributed by atoms with van der Waals surface area (Å²) in [6, 6.07) is 5.78. The van der Waals surface area contributed by atoms with E-state index in [9.17, 15) is 13.2 Å². The van der Waals surface area contributed by atoms with Gasteiger partial charge in [-0.25, -0.2) is 0 Å². The van der Waals surface area contributed by atoms with Crippen molar-refractivity contribution >= 4 is 12.6 Å². The molecule has 0 atom stereocenters. The minimum absolute atomic E-state index is 0.194. The lowest BCUT2D eigenvalue weighted by Gasteiger charge is -2.08. The Balaban J connectivity index is 2.64. The smallest absolute Gasteiger partial charge is 0.406 e. The second kappa shape index (κ2) is 4.59. The number of thiol groups is 1. The Bertz CT molecular complexity index is 281. The van der Waals surface area contributed by atoms with Gasteiger partial charge in [-0.15, -0.1) is 13.2 Å². The average Bonchev–Trinajstić information content (AvgIpc) is 2.06. The number of benzene rings is 1. The van der Waals surface area contributed by atoms with Crippen LogP contribution in [0.25, 0.3) is 0 Å². The van der Waals surface area contributed by atoms with Crippen LogP contribution >= 0.6 is 12.6 Å². The van der Waals surface area contributed by atoms with E-state index in [0.717, 1.165) is 12.0 Å². The molecule has 1 aromatic carbocycles. The van der Waals surface area contributed by atoms with E-state index in [2.05, 4.69) is 17.4 Å². The zero-order valence-electron chi connectivity index (χ0n) is 7.21. The molecule has 0 N–H and O–H groups in total. The molecule has 14 heavy (non-hydrogen) atoms. The average molecular weight is 222 g/mol. The highest BCUT2D eigenvalue weighted by molar-refractivity contribution is 7.80. The van der Waals surface area contributed by atoms with Crippen LogP contribution < -0.4 is 4.74 Å². The van der Waals surface area contributed by atoms with Crippen molar-refractivity contribution in [3.05, 3.63) is 29.8 Å². The van der Waals surface area contributed by atoms with Crippen molar-refractivity contribution in [2.24, 2.45) is 0 Å². The summed E-state index contributed by atoms with van der Waals surface area (Å²) in [5.41, 5.74) is 0.939. The van der Waals surface area contributed by atoms with Crippen molar-refractivity contribution in [1.82, 2.24) is 0 Å². The van der Waals surface area contributed by atoms with Gasteiger partial charge >= 0.3 is 6.36 Å². The van der Waals surface area contributed by atoms with E-state index in [0.29, 0.717) is 5.75 Å². The van der Waals surface area contributed by atoms with Gasteiger partial charge in [0.1, 0.15) is 5.75 Å². The molecule has 1 aromatic rings. The van der Waals surface area contributed by atoms with Crippen molar-refractivity contribution in [3.8, 4) is 5.75 Å². The summed E-state index contributed by atoms with van der Waals surface area (Å²) in [4.78, 5) is 0. The molecule has 0 spiro atoms. The van der Waals surface area contributed by atoms with Gasteiger partial charge in [0.25, 0.3) is 0 Å². The number of hydrogen-bond donors (Lipinski definition) is 1. The van der Waals surface area contributed by atoms with Gasteiger partial charge in [-0.2, -0.15) is 12.6 Å². The van der Waals surface area contributed by atoms with E-state index in [-0.39, 0.29) is 5.75 Å². The van der Waals surface area contributed by atoms with E-state index in [1.165, 1.54) is 12.1 Å². The number of ether oxygens (including phenoxy) is 1. The minimum Gasteiger partial charge on any atom is -0.406 e. The van der Waals surface area contributed by atoms with Crippen LogP contribution in [0.15, 0.2) is 24.3 Å². The molecular formula is C9H9F3OS. The number of alkyl halides is 3. The molecule has 0 fully saturated rings. The van der Waals surface area contributed by atoms with Crippen molar-refractivity contribution in [3.63, 3.8) is 0 Å². The van der Waals surface area contributed by atoms with Gasteiger partial charge in [0.2, 0.25) is 0 Å². The maximum absolute atomic E-state index is 11.8. The lowest BCUT2D eigenvalue weighted by atomic mass is 10.2. The van der Waals surface area contributed by atoms with Crippen LogP contribution in [0.5, 0.6) is 5.75 Å². The zero-order valence-corrected chi connectivity index (χ0v) is 8.11. The topological polar surface area (TPSA) is 9.23 Å². The first-order chi connectivity index (χ1) is 6.51.